The molecule has 1 aromatic rings. The van der Waals surface area contributed by atoms with Crippen molar-refractivity contribution in [2.75, 3.05) is 20.1 Å². The Morgan fingerprint density at radius 2 is 2.15 bits per heavy atom. The lowest BCUT2D eigenvalue weighted by Gasteiger charge is -2.21. The maximum atomic E-state index is 12.2. The van der Waals surface area contributed by atoms with Crippen molar-refractivity contribution in [1.82, 2.24) is 10.2 Å². The van der Waals surface area contributed by atoms with E-state index in [1.54, 1.807) is 6.92 Å². The molecule has 0 aliphatic carbocycles. The summed E-state index contributed by atoms with van der Waals surface area (Å²) in [5.74, 6) is 0.601. The van der Waals surface area contributed by atoms with E-state index in [0.29, 0.717) is 10.8 Å². The number of rotatable bonds is 5. The highest BCUT2D eigenvalue weighted by atomic mass is 35.5. The zero-order valence-corrected chi connectivity index (χ0v) is 12.7. The second-order valence-corrected chi connectivity index (χ2v) is 5.49. The average Bonchev–Trinajstić information content (AvgIpc) is 2.95. The number of halogens is 1. The van der Waals surface area contributed by atoms with Gasteiger partial charge in [0.05, 0.1) is 5.02 Å². The minimum atomic E-state index is -0.499. The predicted octanol–water partition coefficient (Wildman–Crippen LogP) is 2.45. The van der Waals surface area contributed by atoms with E-state index >= 15 is 0 Å². The van der Waals surface area contributed by atoms with E-state index in [2.05, 4.69) is 5.32 Å². The first kappa shape index (κ1) is 15.1. The maximum absolute atomic E-state index is 12.2. The van der Waals surface area contributed by atoms with E-state index in [4.69, 9.17) is 16.3 Å². The monoisotopic (exact) mass is 296 g/mol. The highest BCUT2D eigenvalue weighted by Gasteiger charge is 2.24. The zero-order chi connectivity index (χ0) is 14.5. The number of amides is 1. The van der Waals surface area contributed by atoms with Gasteiger partial charge in [-0.15, -0.1) is 0 Å². The molecule has 1 N–H and O–H groups in total. The fourth-order valence-corrected chi connectivity index (χ4v) is 2.64. The van der Waals surface area contributed by atoms with Crippen molar-refractivity contribution in [3.63, 3.8) is 0 Å². The van der Waals surface area contributed by atoms with Gasteiger partial charge in [0.25, 0.3) is 5.91 Å². The molecule has 5 heteroatoms. The Labute approximate surface area is 125 Å². The van der Waals surface area contributed by atoms with Crippen LogP contribution < -0.4 is 10.1 Å². The molecule has 4 nitrogen and oxygen atoms in total. The van der Waals surface area contributed by atoms with Gasteiger partial charge in [0.1, 0.15) is 5.75 Å². The van der Waals surface area contributed by atoms with Crippen molar-refractivity contribution in [3.8, 4) is 5.75 Å². The van der Waals surface area contributed by atoms with Gasteiger partial charge >= 0.3 is 0 Å². The van der Waals surface area contributed by atoms with E-state index in [1.165, 1.54) is 0 Å². The first-order valence-corrected chi connectivity index (χ1v) is 7.38. The molecule has 0 spiro atoms. The van der Waals surface area contributed by atoms with Gasteiger partial charge in [0.2, 0.25) is 0 Å². The SMILES string of the molecule is CNCc1ccc(OC(C)C(=O)N2CCCC2)c(Cl)c1. The predicted molar refractivity (Wildman–Crippen MR) is 80.1 cm³/mol. The number of likely N-dealkylation sites (tertiary alicyclic amines) is 1. The highest BCUT2D eigenvalue weighted by molar-refractivity contribution is 6.32. The van der Waals surface area contributed by atoms with Crippen LogP contribution in [-0.2, 0) is 11.3 Å². The third kappa shape index (κ3) is 3.64. The molecule has 1 aliphatic rings. The third-order valence-electron chi connectivity index (χ3n) is 3.45. The molecule has 20 heavy (non-hydrogen) atoms. The minimum absolute atomic E-state index is 0.0397. The van der Waals surface area contributed by atoms with Crippen molar-refractivity contribution in [3.05, 3.63) is 28.8 Å². The summed E-state index contributed by atoms with van der Waals surface area (Å²) < 4.78 is 5.71. The molecule has 0 aromatic heterocycles. The van der Waals surface area contributed by atoms with Crippen LogP contribution in [0, 0.1) is 0 Å². The van der Waals surface area contributed by atoms with Crippen molar-refractivity contribution in [2.24, 2.45) is 0 Å². The molecule has 0 bridgehead atoms. The molecule has 1 heterocycles. The number of benzene rings is 1. The smallest absolute Gasteiger partial charge is 0.263 e. The van der Waals surface area contributed by atoms with Gasteiger partial charge in [0, 0.05) is 19.6 Å². The molecule has 1 atom stereocenters. The molecule has 0 saturated carbocycles. The largest absolute Gasteiger partial charge is 0.479 e. The Kier molecular flexibility index (Phi) is 5.26. The molecule has 1 amide bonds. The fourth-order valence-electron chi connectivity index (χ4n) is 2.39. The standard InChI is InChI=1S/C15H21ClN2O2/c1-11(15(19)18-7-3-4-8-18)20-14-6-5-12(10-17-2)9-13(14)16/h5-6,9,11,17H,3-4,7-8,10H2,1-2H3. The lowest BCUT2D eigenvalue weighted by molar-refractivity contribution is -0.136. The summed E-state index contributed by atoms with van der Waals surface area (Å²) in [6.07, 6.45) is 1.66. The van der Waals surface area contributed by atoms with Gasteiger partial charge in [-0.25, -0.2) is 0 Å². The summed E-state index contributed by atoms with van der Waals surface area (Å²) in [6, 6.07) is 5.63. The van der Waals surface area contributed by atoms with Crippen LogP contribution in [-0.4, -0.2) is 37.0 Å². The summed E-state index contributed by atoms with van der Waals surface area (Å²) in [5, 5.41) is 3.61. The summed E-state index contributed by atoms with van der Waals surface area (Å²) in [4.78, 5) is 14.0. The lowest BCUT2D eigenvalue weighted by Crippen LogP contribution is -2.38. The molecule has 1 aliphatic heterocycles. The summed E-state index contributed by atoms with van der Waals surface area (Å²) >= 11 is 6.20. The average molecular weight is 297 g/mol. The minimum Gasteiger partial charge on any atom is -0.479 e. The number of nitrogens with zero attached hydrogens (tertiary/aromatic N) is 1. The second-order valence-electron chi connectivity index (χ2n) is 5.09. The summed E-state index contributed by atoms with van der Waals surface area (Å²) in [6.45, 7) is 4.20. The molecule has 1 saturated heterocycles. The van der Waals surface area contributed by atoms with Crippen LogP contribution in [0.25, 0.3) is 0 Å². The molecule has 0 radical (unpaired) electrons. The van der Waals surface area contributed by atoms with Gasteiger partial charge in [-0.3, -0.25) is 4.79 Å². The van der Waals surface area contributed by atoms with Crippen molar-refractivity contribution >= 4 is 17.5 Å². The molecule has 110 valence electrons. The van der Waals surface area contributed by atoms with Crippen LogP contribution in [0.2, 0.25) is 5.02 Å². The zero-order valence-electron chi connectivity index (χ0n) is 12.0. The number of nitrogens with one attached hydrogen (secondary N) is 1. The van der Waals surface area contributed by atoms with Crippen molar-refractivity contribution < 1.29 is 9.53 Å². The molecule has 2 rings (SSSR count). The molecular formula is C15H21ClN2O2. The fraction of sp³-hybridized carbons (Fsp3) is 0.533. The van der Waals surface area contributed by atoms with Crippen molar-refractivity contribution in [1.29, 1.82) is 0 Å². The first-order chi connectivity index (χ1) is 9.61. The molecule has 1 unspecified atom stereocenters. The van der Waals surface area contributed by atoms with Crippen LogP contribution in [0.5, 0.6) is 5.75 Å². The number of ether oxygens (including phenoxy) is 1. The van der Waals surface area contributed by atoms with Gasteiger partial charge in [-0.1, -0.05) is 17.7 Å². The van der Waals surface area contributed by atoms with E-state index in [-0.39, 0.29) is 5.91 Å². The molecule has 1 aromatic carbocycles. The van der Waals surface area contributed by atoms with Gasteiger partial charge in [-0.2, -0.15) is 0 Å². The normalized spacial score (nSPS) is 16.2. The third-order valence-corrected chi connectivity index (χ3v) is 3.74. The first-order valence-electron chi connectivity index (χ1n) is 7.00. The summed E-state index contributed by atoms with van der Waals surface area (Å²) in [7, 11) is 1.88. The van der Waals surface area contributed by atoms with Crippen LogP contribution in [0.3, 0.4) is 0 Å². The Bertz CT molecular complexity index is 473. The van der Waals surface area contributed by atoms with Gasteiger partial charge in [0.15, 0.2) is 6.10 Å². The van der Waals surface area contributed by atoms with Crippen LogP contribution in [0.4, 0.5) is 0 Å². The maximum Gasteiger partial charge on any atom is 0.263 e. The lowest BCUT2D eigenvalue weighted by atomic mass is 10.2. The molecule has 1 fully saturated rings. The van der Waals surface area contributed by atoms with Crippen LogP contribution in [0.15, 0.2) is 18.2 Å². The van der Waals surface area contributed by atoms with Crippen LogP contribution >= 0.6 is 11.6 Å². The molecular weight excluding hydrogens is 276 g/mol. The number of carbonyl (C=O) groups is 1. The Morgan fingerprint density at radius 1 is 1.45 bits per heavy atom. The topological polar surface area (TPSA) is 41.6 Å². The van der Waals surface area contributed by atoms with E-state index < -0.39 is 6.10 Å². The summed E-state index contributed by atoms with van der Waals surface area (Å²) in [5.41, 5.74) is 1.09. The number of hydrogen-bond acceptors (Lipinski definition) is 3. The van der Waals surface area contributed by atoms with E-state index in [0.717, 1.165) is 38.0 Å². The quantitative estimate of drug-likeness (QED) is 0.907. The second kappa shape index (κ2) is 6.95. The Morgan fingerprint density at radius 3 is 2.75 bits per heavy atom. The Balaban J connectivity index is 1.99. The highest BCUT2D eigenvalue weighted by Crippen LogP contribution is 2.27. The van der Waals surface area contributed by atoms with E-state index in [1.807, 2.05) is 30.1 Å². The number of carbonyl (C=O) groups excluding carboxylic acids is 1. The van der Waals surface area contributed by atoms with E-state index in [9.17, 15) is 4.79 Å². The van der Waals surface area contributed by atoms with Gasteiger partial charge in [-0.05, 0) is 44.5 Å². The Hall–Kier alpha value is -1.26. The van der Waals surface area contributed by atoms with Crippen molar-refractivity contribution in [2.45, 2.75) is 32.4 Å². The van der Waals surface area contributed by atoms with Gasteiger partial charge < -0.3 is 15.0 Å². The number of hydrogen-bond donors (Lipinski definition) is 1. The van der Waals surface area contributed by atoms with Crippen LogP contribution in [0.1, 0.15) is 25.3 Å².